The topological polar surface area (TPSA) is 78.5 Å². The Balaban J connectivity index is 2.89. The van der Waals surface area contributed by atoms with Crippen LogP contribution in [0.4, 0.5) is 10.1 Å². The third-order valence-electron chi connectivity index (χ3n) is 2.12. The van der Waals surface area contributed by atoms with E-state index >= 15 is 0 Å². The van der Waals surface area contributed by atoms with E-state index in [2.05, 4.69) is 5.32 Å². The Morgan fingerprint density at radius 1 is 1.47 bits per heavy atom. The van der Waals surface area contributed by atoms with Crippen LogP contribution in [0.5, 0.6) is 0 Å². The SMILES string of the molecule is CNCC(O)C(O)c1cc(N)ccc1F. The highest BCUT2D eigenvalue weighted by Crippen LogP contribution is 2.22. The maximum absolute atomic E-state index is 13.3. The van der Waals surface area contributed by atoms with E-state index in [9.17, 15) is 14.6 Å². The van der Waals surface area contributed by atoms with Gasteiger partial charge in [0.25, 0.3) is 0 Å². The number of aliphatic hydroxyl groups excluding tert-OH is 2. The summed E-state index contributed by atoms with van der Waals surface area (Å²) >= 11 is 0. The molecule has 2 unspecified atom stereocenters. The zero-order valence-electron chi connectivity index (χ0n) is 8.44. The van der Waals surface area contributed by atoms with Gasteiger partial charge in [-0.2, -0.15) is 0 Å². The van der Waals surface area contributed by atoms with Gasteiger partial charge in [0.1, 0.15) is 11.9 Å². The molecule has 5 N–H and O–H groups in total. The summed E-state index contributed by atoms with van der Waals surface area (Å²) < 4.78 is 13.3. The van der Waals surface area contributed by atoms with Gasteiger partial charge in [-0.25, -0.2) is 4.39 Å². The molecular weight excluding hydrogens is 199 g/mol. The molecule has 1 aromatic carbocycles. The van der Waals surface area contributed by atoms with E-state index in [1.54, 1.807) is 7.05 Å². The predicted molar refractivity (Wildman–Crippen MR) is 55.7 cm³/mol. The third-order valence-corrected chi connectivity index (χ3v) is 2.12. The lowest BCUT2D eigenvalue weighted by atomic mass is 10.0. The molecular formula is C10H15FN2O2. The minimum absolute atomic E-state index is 0.0118. The van der Waals surface area contributed by atoms with Crippen LogP contribution in [-0.4, -0.2) is 29.9 Å². The molecule has 5 heteroatoms. The van der Waals surface area contributed by atoms with E-state index in [0.717, 1.165) is 0 Å². The van der Waals surface area contributed by atoms with Gasteiger partial charge in [-0.3, -0.25) is 0 Å². The Bertz CT molecular complexity index is 333. The van der Waals surface area contributed by atoms with Gasteiger partial charge < -0.3 is 21.3 Å². The van der Waals surface area contributed by atoms with Crippen molar-refractivity contribution in [1.29, 1.82) is 0 Å². The van der Waals surface area contributed by atoms with Crippen molar-refractivity contribution in [2.75, 3.05) is 19.3 Å². The normalized spacial score (nSPS) is 14.9. The first kappa shape index (κ1) is 11.9. The van der Waals surface area contributed by atoms with Gasteiger partial charge in [-0.1, -0.05) is 0 Å². The Hall–Kier alpha value is -1.17. The molecule has 0 aliphatic rings. The highest BCUT2D eigenvalue weighted by atomic mass is 19.1. The fourth-order valence-electron chi connectivity index (χ4n) is 1.32. The van der Waals surface area contributed by atoms with Crippen molar-refractivity contribution in [3.05, 3.63) is 29.6 Å². The summed E-state index contributed by atoms with van der Waals surface area (Å²) in [5, 5.41) is 21.8. The predicted octanol–water partition coefficient (Wildman–Crippen LogP) is 0.0216. The number of hydrogen-bond donors (Lipinski definition) is 4. The number of aliphatic hydroxyl groups is 2. The molecule has 1 aromatic rings. The van der Waals surface area contributed by atoms with Gasteiger partial charge in [0.15, 0.2) is 0 Å². The average Bonchev–Trinajstić information content (AvgIpc) is 2.21. The molecule has 0 saturated carbocycles. The van der Waals surface area contributed by atoms with Gasteiger partial charge in [0.05, 0.1) is 6.10 Å². The summed E-state index contributed by atoms with van der Waals surface area (Å²) in [5.74, 6) is -0.577. The molecule has 15 heavy (non-hydrogen) atoms. The second kappa shape index (κ2) is 5.06. The number of nitrogen functional groups attached to an aromatic ring is 1. The molecule has 4 nitrogen and oxygen atoms in total. The number of rotatable bonds is 4. The summed E-state index contributed by atoms with van der Waals surface area (Å²) in [5.41, 5.74) is 5.83. The number of hydrogen-bond acceptors (Lipinski definition) is 4. The lowest BCUT2D eigenvalue weighted by Gasteiger charge is -2.18. The maximum atomic E-state index is 13.3. The number of anilines is 1. The zero-order chi connectivity index (χ0) is 11.4. The van der Waals surface area contributed by atoms with Crippen molar-refractivity contribution < 1.29 is 14.6 Å². The third kappa shape index (κ3) is 2.89. The molecule has 0 aliphatic heterocycles. The highest BCUT2D eigenvalue weighted by Gasteiger charge is 2.20. The van der Waals surface area contributed by atoms with E-state index in [4.69, 9.17) is 5.73 Å². The first-order chi connectivity index (χ1) is 7.06. The molecule has 0 spiro atoms. The van der Waals surface area contributed by atoms with Crippen LogP contribution in [0.2, 0.25) is 0 Å². The smallest absolute Gasteiger partial charge is 0.129 e. The van der Waals surface area contributed by atoms with Gasteiger partial charge >= 0.3 is 0 Å². The first-order valence-electron chi connectivity index (χ1n) is 4.62. The number of likely N-dealkylation sites (N-methyl/N-ethyl adjacent to an activating group) is 1. The number of nitrogens with one attached hydrogen (secondary N) is 1. The molecule has 0 aliphatic carbocycles. The van der Waals surface area contributed by atoms with Crippen molar-refractivity contribution in [2.45, 2.75) is 12.2 Å². The van der Waals surface area contributed by atoms with Crippen molar-refractivity contribution in [3.63, 3.8) is 0 Å². The Labute approximate surface area is 87.5 Å². The van der Waals surface area contributed by atoms with Crippen LogP contribution in [0, 0.1) is 5.82 Å². The standard InChI is InChI=1S/C10H15FN2O2/c1-13-5-9(14)10(15)7-4-6(12)2-3-8(7)11/h2-4,9-10,13-15H,5,12H2,1H3. The average molecular weight is 214 g/mol. The highest BCUT2D eigenvalue weighted by molar-refractivity contribution is 5.42. The monoisotopic (exact) mass is 214 g/mol. The Kier molecular flexibility index (Phi) is 4.02. The summed E-state index contributed by atoms with van der Waals surface area (Å²) in [6.45, 7) is 0.176. The molecule has 0 aromatic heterocycles. The van der Waals surface area contributed by atoms with E-state index in [-0.39, 0.29) is 12.1 Å². The molecule has 2 atom stereocenters. The summed E-state index contributed by atoms with van der Waals surface area (Å²) in [4.78, 5) is 0. The first-order valence-corrected chi connectivity index (χ1v) is 4.62. The number of nitrogens with two attached hydrogens (primary N) is 1. The van der Waals surface area contributed by atoms with Gasteiger partial charge in [-0.05, 0) is 25.2 Å². The Morgan fingerprint density at radius 3 is 2.73 bits per heavy atom. The Morgan fingerprint density at radius 2 is 2.13 bits per heavy atom. The minimum Gasteiger partial charge on any atom is -0.399 e. The maximum Gasteiger partial charge on any atom is 0.129 e. The van der Waals surface area contributed by atoms with Gasteiger partial charge in [0, 0.05) is 17.8 Å². The molecule has 0 heterocycles. The number of benzene rings is 1. The van der Waals surface area contributed by atoms with Crippen LogP contribution in [-0.2, 0) is 0 Å². The van der Waals surface area contributed by atoms with E-state index in [0.29, 0.717) is 5.69 Å². The van der Waals surface area contributed by atoms with Crippen LogP contribution in [0.25, 0.3) is 0 Å². The summed E-state index contributed by atoms with van der Waals surface area (Å²) in [6.07, 6.45) is -2.34. The molecule has 0 saturated heterocycles. The largest absolute Gasteiger partial charge is 0.399 e. The van der Waals surface area contributed by atoms with Crippen molar-refractivity contribution >= 4 is 5.69 Å². The van der Waals surface area contributed by atoms with Crippen LogP contribution >= 0.6 is 0 Å². The molecule has 0 fully saturated rings. The molecule has 0 radical (unpaired) electrons. The van der Waals surface area contributed by atoms with Crippen molar-refractivity contribution in [2.24, 2.45) is 0 Å². The molecule has 1 rings (SSSR count). The fourth-order valence-corrected chi connectivity index (χ4v) is 1.32. The van der Waals surface area contributed by atoms with E-state index < -0.39 is 18.0 Å². The van der Waals surface area contributed by atoms with Gasteiger partial charge in [-0.15, -0.1) is 0 Å². The van der Waals surface area contributed by atoms with E-state index in [1.165, 1.54) is 18.2 Å². The van der Waals surface area contributed by atoms with Gasteiger partial charge in [0.2, 0.25) is 0 Å². The van der Waals surface area contributed by atoms with Crippen LogP contribution in [0.15, 0.2) is 18.2 Å². The fraction of sp³-hybridized carbons (Fsp3) is 0.400. The van der Waals surface area contributed by atoms with E-state index in [1.807, 2.05) is 0 Å². The lowest BCUT2D eigenvalue weighted by molar-refractivity contribution is 0.0182. The molecule has 0 bridgehead atoms. The lowest BCUT2D eigenvalue weighted by Crippen LogP contribution is -2.30. The van der Waals surface area contributed by atoms with Crippen LogP contribution < -0.4 is 11.1 Å². The zero-order valence-corrected chi connectivity index (χ0v) is 8.44. The second-order valence-corrected chi connectivity index (χ2v) is 3.35. The molecule has 84 valence electrons. The van der Waals surface area contributed by atoms with Crippen molar-refractivity contribution in [1.82, 2.24) is 5.32 Å². The molecule has 0 amide bonds. The van der Waals surface area contributed by atoms with Crippen LogP contribution in [0.3, 0.4) is 0 Å². The minimum atomic E-state index is -1.28. The van der Waals surface area contributed by atoms with Crippen molar-refractivity contribution in [3.8, 4) is 0 Å². The quantitative estimate of drug-likeness (QED) is 0.533. The van der Waals surface area contributed by atoms with Crippen LogP contribution in [0.1, 0.15) is 11.7 Å². The summed E-state index contributed by atoms with van der Waals surface area (Å²) in [6, 6.07) is 3.88. The number of halogens is 1. The summed E-state index contributed by atoms with van der Waals surface area (Å²) in [7, 11) is 1.63. The second-order valence-electron chi connectivity index (χ2n) is 3.35.